The predicted molar refractivity (Wildman–Crippen MR) is 124 cm³/mol. The van der Waals surface area contributed by atoms with Gasteiger partial charge in [0.1, 0.15) is 34.5 Å². The molecule has 0 saturated heterocycles. The molecule has 0 fully saturated rings. The van der Waals surface area contributed by atoms with Gasteiger partial charge in [-0.15, -0.1) is 0 Å². The Morgan fingerprint density at radius 3 is 2.65 bits per heavy atom. The maximum atomic E-state index is 12.6. The first-order valence-corrected chi connectivity index (χ1v) is 10.6. The molecule has 0 saturated carbocycles. The molecule has 0 aromatic heterocycles. The number of fused-ring (bicyclic) bond motifs is 1. The van der Waals surface area contributed by atoms with Crippen molar-refractivity contribution >= 4 is 27.6 Å². The number of nitro groups is 1. The third kappa shape index (κ3) is 4.16. The summed E-state index contributed by atoms with van der Waals surface area (Å²) in [6.07, 6.45) is 0. The fraction of sp³-hybridized carbons (Fsp3) is 0.0833. The van der Waals surface area contributed by atoms with Crippen LogP contribution in [0.3, 0.4) is 0 Å². The van der Waals surface area contributed by atoms with Gasteiger partial charge in [0.15, 0.2) is 0 Å². The van der Waals surface area contributed by atoms with Crippen LogP contribution in [-0.4, -0.2) is 18.0 Å². The molecule has 0 radical (unpaired) electrons. The third-order valence-corrected chi connectivity index (χ3v) is 5.72. The number of nitrogens with two attached hydrogens (primary N) is 1. The molecule has 0 aliphatic carbocycles. The van der Waals surface area contributed by atoms with Gasteiger partial charge < -0.3 is 19.9 Å². The number of para-hydroxylation sites is 1. The average Bonchev–Trinajstić information content (AvgIpc) is 2.83. The van der Waals surface area contributed by atoms with Gasteiger partial charge in [-0.25, -0.2) is 4.79 Å². The molecule has 0 spiro atoms. The molecule has 0 amide bonds. The van der Waals surface area contributed by atoms with Gasteiger partial charge in [0.25, 0.3) is 5.69 Å². The lowest BCUT2D eigenvalue weighted by Crippen LogP contribution is -2.21. The Morgan fingerprint density at radius 2 is 1.94 bits per heavy atom. The minimum absolute atomic E-state index is 0.0927. The van der Waals surface area contributed by atoms with E-state index in [1.807, 2.05) is 12.1 Å². The number of nitrogens with zero attached hydrogens (tertiary/aromatic N) is 2. The van der Waals surface area contributed by atoms with E-state index in [0.29, 0.717) is 16.9 Å². The quantitative estimate of drug-likeness (QED) is 0.218. The number of nitriles is 1. The zero-order chi connectivity index (χ0) is 24.4. The SMILES string of the molecule is COc1ccc(Br)cc1C1C(C#N)=C(N)Oc2cc(OC(=O)c3ccccc3[N+](=O)[O-])ccc21. The average molecular weight is 522 g/mol. The number of esters is 1. The van der Waals surface area contributed by atoms with Crippen molar-refractivity contribution < 1.29 is 23.9 Å². The first-order valence-electron chi connectivity index (χ1n) is 9.84. The summed E-state index contributed by atoms with van der Waals surface area (Å²) in [6.45, 7) is 0. The van der Waals surface area contributed by atoms with Gasteiger partial charge in [-0.1, -0.05) is 34.1 Å². The zero-order valence-corrected chi connectivity index (χ0v) is 19.2. The molecule has 10 heteroatoms. The van der Waals surface area contributed by atoms with Crippen LogP contribution in [0, 0.1) is 21.4 Å². The summed E-state index contributed by atoms with van der Waals surface area (Å²) >= 11 is 3.44. The second-order valence-electron chi connectivity index (χ2n) is 7.17. The van der Waals surface area contributed by atoms with Crippen LogP contribution >= 0.6 is 15.9 Å². The van der Waals surface area contributed by atoms with Crippen LogP contribution in [0.25, 0.3) is 0 Å². The van der Waals surface area contributed by atoms with Crippen molar-refractivity contribution in [2.75, 3.05) is 7.11 Å². The van der Waals surface area contributed by atoms with Crippen molar-refractivity contribution in [3.05, 3.63) is 103 Å². The van der Waals surface area contributed by atoms with Crippen LogP contribution < -0.4 is 19.9 Å². The highest BCUT2D eigenvalue weighted by molar-refractivity contribution is 9.10. The van der Waals surface area contributed by atoms with Gasteiger partial charge in [-0.3, -0.25) is 10.1 Å². The van der Waals surface area contributed by atoms with Gasteiger partial charge >= 0.3 is 5.97 Å². The van der Waals surface area contributed by atoms with E-state index in [1.54, 1.807) is 12.1 Å². The standard InChI is InChI=1S/C24H16BrN3O6/c1-32-20-9-6-13(25)10-17(20)22-16-8-7-14(11-21(16)34-23(27)18(22)12-26)33-24(29)15-4-2-3-5-19(15)28(30)31/h2-11,22H,27H2,1H3. The molecular formula is C24H16BrN3O6. The molecule has 3 aromatic carbocycles. The van der Waals surface area contributed by atoms with E-state index in [-0.39, 0.29) is 34.2 Å². The molecule has 4 rings (SSSR count). The Bertz CT molecular complexity index is 1400. The predicted octanol–water partition coefficient (Wildman–Crippen LogP) is 4.80. The molecule has 1 unspecified atom stereocenters. The fourth-order valence-corrected chi connectivity index (χ4v) is 4.10. The van der Waals surface area contributed by atoms with Gasteiger partial charge in [0.2, 0.25) is 5.88 Å². The number of benzene rings is 3. The van der Waals surface area contributed by atoms with Gasteiger partial charge in [-0.2, -0.15) is 5.26 Å². The van der Waals surface area contributed by atoms with E-state index in [9.17, 15) is 20.2 Å². The number of hydrogen-bond donors (Lipinski definition) is 1. The van der Waals surface area contributed by atoms with E-state index in [0.717, 1.165) is 4.47 Å². The summed E-state index contributed by atoms with van der Waals surface area (Å²) in [5, 5.41) is 21.0. The first-order chi connectivity index (χ1) is 16.3. The van der Waals surface area contributed by atoms with Crippen LogP contribution in [0.4, 0.5) is 5.69 Å². The number of methoxy groups -OCH3 is 1. The van der Waals surface area contributed by atoms with Crippen LogP contribution in [0.1, 0.15) is 27.4 Å². The lowest BCUT2D eigenvalue weighted by Gasteiger charge is -2.27. The molecule has 1 heterocycles. The lowest BCUT2D eigenvalue weighted by molar-refractivity contribution is -0.385. The second-order valence-corrected chi connectivity index (χ2v) is 8.09. The van der Waals surface area contributed by atoms with Crippen molar-refractivity contribution in [2.24, 2.45) is 5.73 Å². The van der Waals surface area contributed by atoms with E-state index in [2.05, 4.69) is 22.0 Å². The van der Waals surface area contributed by atoms with Gasteiger partial charge in [-0.05, 0) is 30.3 Å². The molecule has 0 bridgehead atoms. The summed E-state index contributed by atoms with van der Waals surface area (Å²) in [6, 6.07) is 17.6. The Hall–Kier alpha value is -4.36. The molecule has 170 valence electrons. The topological polar surface area (TPSA) is 138 Å². The Morgan fingerprint density at radius 1 is 1.18 bits per heavy atom. The monoisotopic (exact) mass is 521 g/mol. The summed E-state index contributed by atoms with van der Waals surface area (Å²) < 4.78 is 17.3. The summed E-state index contributed by atoms with van der Waals surface area (Å²) in [5.41, 5.74) is 7.00. The van der Waals surface area contributed by atoms with E-state index < -0.39 is 16.8 Å². The minimum Gasteiger partial charge on any atom is -0.496 e. The fourth-order valence-electron chi connectivity index (χ4n) is 3.72. The molecular weight excluding hydrogens is 506 g/mol. The third-order valence-electron chi connectivity index (χ3n) is 5.22. The summed E-state index contributed by atoms with van der Waals surface area (Å²) in [7, 11) is 1.53. The summed E-state index contributed by atoms with van der Waals surface area (Å²) in [4.78, 5) is 23.2. The molecule has 2 N–H and O–H groups in total. The molecule has 1 aliphatic heterocycles. The number of hydrogen-bond acceptors (Lipinski definition) is 8. The summed E-state index contributed by atoms with van der Waals surface area (Å²) in [5.74, 6) is -0.667. The first kappa shape index (κ1) is 22.8. The Kier molecular flexibility index (Phi) is 6.21. The number of ether oxygens (including phenoxy) is 3. The maximum Gasteiger partial charge on any atom is 0.350 e. The normalized spacial score (nSPS) is 14.4. The molecule has 1 atom stereocenters. The van der Waals surface area contributed by atoms with E-state index in [4.69, 9.17) is 19.9 Å². The van der Waals surface area contributed by atoms with Crippen LogP contribution in [-0.2, 0) is 0 Å². The molecule has 3 aromatic rings. The molecule has 34 heavy (non-hydrogen) atoms. The molecule has 1 aliphatic rings. The smallest absolute Gasteiger partial charge is 0.350 e. The largest absolute Gasteiger partial charge is 0.496 e. The molecule has 9 nitrogen and oxygen atoms in total. The van der Waals surface area contributed by atoms with Gasteiger partial charge in [0, 0.05) is 27.7 Å². The second kappa shape index (κ2) is 9.25. The maximum absolute atomic E-state index is 12.6. The highest BCUT2D eigenvalue weighted by atomic mass is 79.9. The lowest BCUT2D eigenvalue weighted by atomic mass is 9.83. The number of carbonyl (C=O) groups excluding carboxylic acids is 1. The number of allylic oxidation sites excluding steroid dienone is 1. The van der Waals surface area contributed by atoms with Crippen molar-refractivity contribution in [3.63, 3.8) is 0 Å². The minimum atomic E-state index is -0.894. The van der Waals surface area contributed by atoms with Crippen LogP contribution in [0.5, 0.6) is 17.2 Å². The number of carbonyl (C=O) groups is 1. The number of rotatable bonds is 5. The highest BCUT2D eigenvalue weighted by Crippen LogP contribution is 2.46. The van der Waals surface area contributed by atoms with Crippen molar-refractivity contribution in [3.8, 4) is 23.3 Å². The van der Waals surface area contributed by atoms with Crippen LogP contribution in [0.15, 0.2) is 76.6 Å². The van der Waals surface area contributed by atoms with Crippen molar-refractivity contribution in [1.82, 2.24) is 0 Å². The van der Waals surface area contributed by atoms with E-state index >= 15 is 0 Å². The zero-order valence-electron chi connectivity index (χ0n) is 17.7. The number of halogens is 1. The highest BCUT2D eigenvalue weighted by Gasteiger charge is 2.33. The van der Waals surface area contributed by atoms with Crippen molar-refractivity contribution in [2.45, 2.75) is 5.92 Å². The van der Waals surface area contributed by atoms with Crippen LogP contribution in [0.2, 0.25) is 0 Å². The van der Waals surface area contributed by atoms with E-state index in [1.165, 1.54) is 43.5 Å². The number of nitro benzene ring substituents is 1. The van der Waals surface area contributed by atoms with Gasteiger partial charge in [0.05, 0.1) is 18.0 Å². The van der Waals surface area contributed by atoms with Crippen molar-refractivity contribution in [1.29, 1.82) is 5.26 Å². The Labute approximate surface area is 202 Å². The Balaban J connectivity index is 1.75.